The third-order valence-electron chi connectivity index (χ3n) is 2.45. The molecule has 2 rings (SSSR count). The van der Waals surface area contributed by atoms with Gasteiger partial charge in [0, 0.05) is 23.0 Å². The molecule has 1 N–H and O–H groups in total. The Kier molecular flexibility index (Phi) is 3.35. The zero-order valence-corrected chi connectivity index (χ0v) is 10.1. The molecule has 90 valence electrons. The van der Waals surface area contributed by atoms with Crippen LogP contribution >= 0.6 is 11.6 Å². The summed E-state index contributed by atoms with van der Waals surface area (Å²) in [5.41, 5.74) is 1.91. The minimum Gasteiger partial charge on any atom is -0.480 e. The van der Waals surface area contributed by atoms with E-state index < -0.39 is 5.97 Å². The molecule has 0 fully saturated rings. The first-order chi connectivity index (χ1) is 8.60. The molecule has 2 aromatic rings. The highest BCUT2D eigenvalue weighted by molar-refractivity contribution is 6.30. The van der Waals surface area contributed by atoms with Gasteiger partial charge in [0.25, 0.3) is 0 Å². The Morgan fingerprint density at radius 1 is 1.44 bits per heavy atom. The molecule has 0 amide bonds. The summed E-state index contributed by atoms with van der Waals surface area (Å²) >= 11 is 5.90. The Bertz CT molecular complexity index is 641. The van der Waals surface area contributed by atoms with Gasteiger partial charge in [0.05, 0.1) is 5.56 Å². The van der Waals surface area contributed by atoms with E-state index in [1.165, 1.54) is 10.8 Å². The van der Waals surface area contributed by atoms with E-state index in [1.54, 1.807) is 24.4 Å². The molecule has 1 heterocycles. The van der Waals surface area contributed by atoms with Crippen LogP contribution < -0.4 is 0 Å². The lowest BCUT2D eigenvalue weighted by molar-refractivity contribution is -0.137. The Labute approximate surface area is 109 Å². The number of aliphatic carboxylic acids is 1. The number of aromatic nitrogens is 1. The van der Waals surface area contributed by atoms with Crippen LogP contribution in [-0.2, 0) is 11.3 Å². The number of nitrogens with zero attached hydrogens (tertiary/aromatic N) is 2. The smallest absolute Gasteiger partial charge is 0.323 e. The van der Waals surface area contributed by atoms with Crippen molar-refractivity contribution in [3.8, 4) is 17.2 Å². The molecule has 0 unspecified atom stereocenters. The summed E-state index contributed by atoms with van der Waals surface area (Å²) in [6, 6.07) is 9.14. The van der Waals surface area contributed by atoms with Crippen molar-refractivity contribution in [2.75, 3.05) is 0 Å². The van der Waals surface area contributed by atoms with Crippen LogP contribution in [0.5, 0.6) is 0 Å². The van der Waals surface area contributed by atoms with Gasteiger partial charge in [-0.05, 0) is 17.7 Å². The number of carboxylic acids is 1. The second-order valence-corrected chi connectivity index (χ2v) is 4.21. The number of halogens is 1. The molecule has 0 saturated heterocycles. The van der Waals surface area contributed by atoms with Gasteiger partial charge in [0.15, 0.2) is 0 Å². The summed E-state index contributed by atoms with van der Waals surface area (Å²) in [5, 5.41) is 18.4. The zero-order chi connectivity index (χ0) is 13.1. The lowest BCUT2D eigenvalue weighted by Crippen LogP contribution is -2.06. The maximum Gasteiger partial charge on any atom is 0.323 e. The summed E-state index contributed by atoms with van der Waals surface area (Å²) in [6.45, 7) is -0.171. The molecule has 0 radical (unpaired) electrons. The summed E-state index contributed by atoms with van der Waals surface area (Å²) in [6.07, 6.45) is 3.16. The molecule has 1 aromatic heterocycles. The van der Waals surface area contributed by atoms with E-state index in [4.69, 9.17) is 22.0 Å². The fourth-order valence-electron chi connectivity index (χ4n) is 1.73. The predicted octanol–water partition coefficient (Wildman–Crippen LogP) is 2.76. The van der Waals surface area contributed by atoms with Crippen LogP contribution in [0.2, 0.25) is 5.02 Å². The fraction of sp³-hybridized carbons (Fsp3) is 0.0769. The average molecular weight is 261 g/mol. The molecule has 1 aromatic carbocycles. The highest BCUT2D eigenvalue weighted by Gasteiger charge is 2.10. The van der Waals surface area contributed by atoms with Crippen molar-refractivity contribution >= 4 is 17.6 Å². The molecule has 0 aliphatic rings. The Morgan fingerprint density at radius 2 is 2.22 bits per heavy atom. The van der Waals surface area contributed by atoms with Crippen LogP contribution in [0.1, 0.15) is 5.56 Å². The van der Waals surface area contributed by atoms with Crippen molar-refractivity contribution in [3.05, 3.63) is 47.2 Å². The van der Waals surface area contributed by atoms with E-state index in [2.05, 4.69) is 6.07 Å². The highest BCUT2D eigenvalue weighted by atomic mass is 35.5. The first-order valence-electron chi connectivity index (χ1n) is 5.18. The summed E-state index contributed by atoms with van der Waals surface area (Å²) < 4.78 is 1.47. The maximum atomic E-state index is 10.6. The molecule has 18 heavy (non-hydrogen) atoms. The van der Waals surface area contributed by atoms with Crippen molar-refractivity contribution in [1.82, 2.24) is 4.57 Å². The van der Waals surface area contributed by atoms with E-state index in [0.717, 1.165) is 5.56 Å². The second kappa shape index (κ2) is 4.94. The molecule has 0 aliphatic heterocycles. The van der Waals surface area contributed by atoms with E-state index in [-0.39, 0.29) is 6.54 Å². The highest BCUT2D eigenvalue weighted by Crippen LogP contribution is 2.26. The average Bonchev–Trinajstić information content (AvgIpc) is 2.71. The molecule has 4 nitrogen and oxygen atoms in total. The van der Waals surface area contributed by atoms with Crippen LogP contribution in [0.3, 0.4) is 0 Å². The minimum absolute atomic E-state index is 0.171. The van der Waals surface area contributed by atoms with Crippen LogP contribution in [0, 0.1) is 11.3 Å². The van der Waals surface area contributed by atoms with Gasteiger partial charge in [-0.1, -0.05) is 23.7 Å². The topological polar surface area (TPSA) is 66.0 Å². The Morgan fingerprint density at radius 3 is 2.83 bits per heavy atom. The van der Waals surface area contributed by atoms with E-state index in [9.17, 15) is 4.79 Å². The molecule has 0 aliphatic carbocycles. The second-order valence-electron chi connectivity index (χ2n) is 3.77. The van der Waals surface area contributed by atoms with Gasteiger partial charge in [-0.15, -0.1) is 0 Å². The quantitative estimate of drug-likeness (QED) is 0.923. The molecule has 0 spiro atoms. The molecule has 0 atom stereocenters. The third kappa shape index (κ3) is 2.53. The number of hydrogen-bond donors (Lipinski definition) is 1. The molecule has 5 heteroatoms. The number of carboxylic acid groups (broad SMARTS) is 1. The van der Waals surface area contributed by atoms with E-state index in [0.29, 0.717) is 16.1 Å². The number of hydrogen-bond acceptors (Lipinski definition) is 2. The summed E-state index contributed by atoms with van der Waals surface area (Å²) in [5.74, 6) is -0.952. The molecule has 0 saturated carbocycles. The van der Waals surface area contributed by atoms with E-state index in [1.807, 2.05) is 6.07 Å². The van der Waals surface area contributed by atoms with Gasteiger partial charge < -0.3 is 9.67 Å². The van der Waals surface area contributed by atoms with Crippen molar-refractivity contribution in [1.29, 1.82) is 5.26 Å². The number of rotatable bonds is 3. The number of benzene rings is 1. The van der Waals surface area contributed by atoms with Crippen molar-refractivity contribution in [2.24, 2.45) is 0 Å². The van der Waals surface area contributed by atoms with Crippen LogP contribution in [0.25, 0.3) is 11.1 Å². The summed E-state index contributed by atoms with van der Waals surface area (Å²) in [4.78, 5) is 10.6. The van der Waals surface area contributed by atoms with Crippen molar-refractivity contribution in [3.63, 3.8) is 0 Å². The monoisotopic (exact) mass is 260 g/mol. The first kappa shape index (κ1) is 12.2. The van der Waals surface area contributed by atoms with Crippen molar-refractivity contribution in [2.45, 2.75) is 6.54 Å². The lowest BCUT2D eigenvalue weighted by atomic mass is 10.1. The van der Waals surface area contributed by atoms with Gasteiger partial charge in [-0.3, -0.25) is 4.79 Å². The van der Waals surface area contributed by atoms with Gasteiger partial charge in [-0.2, -0.15) is 5.26 Å². The van der Waals surface area contributed by atoms with Crippen molar-refractivity contribution < 1.29 is 9.90 Å². The Balaban J connectivity index is 2.47. The fourth-order valence-corrected chi connectivity index (χ4v) is 1.92. The largest absolute Gasteiger partial charge is 0.480 e. The van der Waals surface area contributed by atoms with Gasteiger partial charge in [0.2, 0.25) is 0 Å². The summed E-state index contributed by atoms with van der Waals surface area (Å²) in [7, 11) is 0. The van der Waals surface area contributed by atoms with Gasteiger partial charge in [0.1, 0.15) is 12.6 Å². The van der Waals surface area contributed by atoms with Gasteiger partial charge >= 0.3 is 5.97 Å². The van der Waals surface area contributed by atoms with Crippen LogP contribution in [0.15, 0.2) is 36.7 Å². The number of carbonyl (C=O) groups is 1. The van der Waals surface area contributed by atoms with E-state index >= 15 is 0 Å². The first-order valence-corrected chi connectivity index (χ1v) is 5.55. The zero-order valence-electron chi connectivity index (χ0n) is 9.30. The normalized spacial score (nSPS) is 10.0. The Hall–Kier alpha value is -2.25. The predicted molar refractivity (Wildman–Crippen MR) is 67.2 cm³/mol. The molecular weight excluding hydrogens is 252 g/mol. The standard InChI is InChI=1S/C13H9ClN2O2/c14-11-3-1-2-9(4-11)12-7-16(8-13(17)18)6-10(12)5-15/h1-4,6-7H,8H2,(H,17,18). The van der Waals surface area contributed by atoms with Crippen LogP contribution in [-0.4, -0.2) is 15.6 Å². The minimum atomic E-state index is -0.952. The molecular formula is C13H9ClN2O2. The van der Waals surface area contributed by atoms with Gasteiger partial charge in [-0.25, -0.2) is 0 Å². The lowest BCUT2D eigenvalue weighted by Gasteiger charge is -1.99. The van der Waals surface area contributed by atoms with Crippen LogP contribution in [0.4, 0.5) is 0 Å². The number of nitriles is 1. The third-order valence-corrected chi connectivity index (χ3v) is 2.69. The maximum absolute atomic E-state index is 10.6. The SMILES string of the molecule is N#Cc1cn(CC(=O)O)cc1-c1cccc(Cl)c1. The molecule has 0 bridgehead atoms.